The largest absolute Gasteiger partial charge is 0.314 e. The first-order valence-electron chi connectivity index (χ1n) is 6.52. The molecule has 1 unspecified atom stereocenters. The van der Waals surface area contributed by atoms with Crippen molar-refractivity contribution < 1.29 is 4.39 Å². The van der Waals surface area contributed by atoms with E-state index in [0.29, 0.717) is 6.04 Å². The lowest BCUT2D eigenvalue weighted by Gasteiger charge is -2.13. The highest BCUT2D eigenvalue weighted by Gasteiger charge is 2.05. The molecule has 0 aliphatic rings. The van der Waals surface area contributed by atoms with Gasteiger partial charge in [0.2, 0.25) is 0 Å². The topological polar surface area (TPSA) is 24.9 Å². The fraction of sp³-hybridized carbons (Fsp3) is 0.400. The lowest BCUT2D eigenvalue weighted by Crippen LogP contribution is -2.29. The average molecular weight is 278 g/mol. The van der Waals surface area contributed by atoms with Gasteiger partial charge in [-0.1, -0.05) is 12.1 Å². The van der Waals surface area contributed by atoms with Crippen molar-refractivity contribution in [3.8, 4) is 0 Å². The van der Waals surface area contributed by atoms with E-state index >= 15 is 0 Å². The second-order valence-corrected chi connectivity index (χ2v) is 5.74. The van der Waals surface area contributed by atoms with E-state index in [-0.39, 0.29) is 5.82 Å². The van der Waals surface area contributed by atoms with Crippen LogP contribution in [0.2, 0.25) is 0 Å². The summed E-state index contributed by atoms with van der Waals surface area (Å²) in [6, 6.07) is 7.12. The van der Waals surface area contributed by atoms with Crippen LogP contribution in [0.3, 0.4) is 0 Å². The molecular formula is C15H19FN2S. The summed E-state index contributed by atoms with van der Waals surface area (Å²) in [5, 5.41) is 3.50. The smallest absolute Gasteiger partial charge is 0.123 e. The molecule has 2 rings (SSSR count). The van der Waals surface area contributed by atoms with Crippen molar-refractivity contribution in [2.75, 3.05) is 6.54 Å². The van der Waals surface area contributed by atoms with Crippen LogP contribution >= 0.6 is 11.3 Å². The standard InChI is InChI=1S/C15H19FN2S/c1-11(9-13-3-5-14(16)6-4-13)17-8-7-15-12(2)18-10-19-15/h3-6,10-11,17H,7-9H2,1-2H3. The number of aromatic nitrogens is 1. The summed E-state index contributed by atoms with van der Waals surface area (Å²) in [5.41, 5.74) is 4.19. The fourth-order valence-corrected chi connectivity index (χ4v) is 2.83. The van der Waals surface area contributed by atoms with E-state index in [1.807, 2.05) is 24.6 Å². The van der Waals surface area contributed by atoms with Gasteiger partial charge in [0.05, 0.1) is 11.2 Å². The van der Waals surface area contributed by atoms with Gasteiger partial charge in [0.1, 0.15) is 5.82 Å². The van der Waals surface area contributed by atoms with Crippen LogP contribution in [0.15, 0.2) is 29.8 Å². The Kier molecular flexibility index (Phi) is 5.05. The van der Waals surface area contributed by atoms with E-state index in [1.165, 1.54) is 17.0 Å². The van der Waals surface area contributed by atoms with Crippen LogP contribution in [-0.4, -0.2) is 17.6 Å². The summed E-state index contributed by atoms with van der Waals surface area (Å²) >= 11 is 1.71. The maximum Gasteiger partial charge on any atom is 0.123 e. The molecule has 0 amide bonds. The van der Waals surface area contributed by atoms with Crippen LogP contribution in [0.4, 0.5) is 4.39 Å². The highest BCUT2D eigenvalue weighted by atomic mass is 32.1. The van der Waals surface area contributed by atoms with Crippen LogP contribution in [-0.2, 0) is 12.8 Å². The molecule has 1 heterocycles. The molecular weight excluding hydrogens is 259 g/mol. The number of hydrogen-bond donors (Lipinski definition) is 1. The minimum atomic E-state index is -0.176. The van der Waals surface area contributed by atoms with Crippen LogP contribution in [0.5, 0.6) is 0 Å². The first-order chi connectivity index (χ1) is 9.15. The summed E-state index contributed by atoms with van der Waals surface area (Å²) in [6.07, 6.45) is 1.94. The zero-order valence-corrected chi connectivity index (χ0v) is 12.1. The Morgan fingerprint density at radius 3 is 2.68 bits per heavy atom. The van der Waals surface area contributed by atoms with Gasteiger partial charge in [-0.3, -0.25) is 0 Å². The number of halogens is 1. The van der Waals surface area contributed by atoms with Gasteiger partial charge in [0.25, 0.3) is 0 Å². The van der Waals surface area contributed by atoms with E-state index in [4.69, 9.17) is 0 Å². The molecule has 0 saturated carbocycles. The predicted molar refractivity (Wildman–Crippen MR) is 78.1 cm³/mol. The SMILES string of the molecule is Cc1ncsc1CCNC(C)Cc1ccc(F)cc1. The summed E-state index contributed by atoms with van der Waals surface area (Å²) in [6.45, 7) is 5.15. The van der Waals surface area contributed by atoms with E-state index in [0.717, 1.165) is 30.6 Å². The Balaban J connectivity index is 1.74. The van der Waals surface area contributed by atoms with Gasteiger partial charge in [-0.15, -0.1) is 11.3 Å². The molecule has 1 aromatic heterocycles. The Morgan fingerprint density at radius 1 is 1.32 bits per heavy atom. The molecule has 19 heavy (non-hydrogen) atoms. The minimum Gasteiger partial charge on any atom is -0.314 e. The van der Waals surface area contributed by atoms with E-state index in [1.54, 1.807) is 11.3 Å². The van der Waals surface area contributed by atoms with Crippen LogP contribution in [0, 0.1) is 12.7 Å². The Bertz CT molecular complexity index is 507. The van der Waals surface area contributed by atoms with Gasteiger partial charge in [0.15, 0.2) is 0 Å². The Labute approximate surface area is 117 Å². The predicted octanol–water partition coefficient (Wildman–Crippen LogP) is 3.35. The van der Waals surface area contributed by atoms with Crippen molar-refractivity contribution in [3.63, 3.8) is 0 Å². The highest BCUT2D eigenvalue weighted by molar-refractivity contribution is 7.09. The number of benzene rings is 1. The second kappa shape index (κ2) is 6.78. The number of thiazole rings is 1. The molecule has 4 heteroatoms. The number of hydrogen-bond acceptors (Lipinski definition) is 3. The fourth-order valence-electron chi connectivity index (χ4n) is 2.04. The quantitative estimate of drug-likeness (QED) is 0.876. The van der Waals surface area contributed by atoms with Gasteiger partial charge in [-0.2, -0.15) is 0 Å². The average Bonchev–Trinajstić information content (AvgIpc) is 2.78. The molecule has 1 N–H and O–H groups in total. The van der Waals surface area contributed by atoms with E-state index in [2.05, 4.69) is 17.2 Å². The lowest BCUT2D eigenvalue weighted by atomic mass is 10.1. The van der Waals surface area contributed by atoms with Gasteiger partial charge in [0, 0.05) is 17.5 Å². The van der Waals surface area contributed by atoms with Crippen molar-refractivity contribution in [1.82, 2.24) is 10.3 Å². The van der Waals surface area contributed by atoms with E-state index in [9.17, 15) is 4.39 Å². The van der Waals surface area contributed by atoms with Gasteiger partial charge < -0.3 is 5.32 Å². The molecule has 0 saturated heterocycles. The Hall–Kier alpha value is -1.26. The molecule has 0 bridgehead atoms. The van der Waals surface area contributed by atoms with Crippen molar-refractivity contribution >= 4 is 11.3 Å². The summed E-state index contributed by atoms with van der Waals surface area (Å²) in [4.78, 5) is 5.59. The van der Waals surface area contributed by atoms with Crippen molar-refractivity contribution in [2.45, 2.75) is 32.7 Å². The van der Waals surface area contributed by atoms with Crippen LogP contribution < -0.4 is 5.32 Å². The maximum atomic E-state index is 12.8. The molecule has 0 fully saturated rings. The van der Waals surface area contributed by atoms with Crippen molar-refractivity contribution in [1.29, 1.82) is 0 Å². The normalized spacial score (nSPS) is 12.6. The summed E-state index contributed by atoms with van der Waals surface area (Å²) in [7, 11) is 0. The second-order valence-electron chi connectivity index (χ2n) is 4.80. The van der Waals surface area contributed by atoms with Crippen LogP contribution in [0.1, 0.15) is 23.1 Å². The van der Waals surface area contributed by atoms with E-state index < -0.39 is 0 Å². The number of aryl methyl sites for hydroxylation is 1. The third-order valence-electron chi connectivity index (χ3n) is 3.14. The van der Waals surface area contributed by atoms with Gasteiger partial charge in [-0.05, 0) is 44.4 Å². The monoisotopic (exact) mass is 278 g/mol. The third kappa shape index (κ3) is 4.40. The number of rotatable bonds is 6. The number of nitrogens with one attached hydrogen (secondary N) is 1. The highest BCUT2D eigenvalue weighted by Crippen LogP contribution is 2.12. The molecule has 102 valence electrons. The third-order valence-corrected chi connectivity index (χ3v) is 4.14. The summed E-state index contributed by atoms with van der Waals surface area (Å²) < 4.78 is 12.8. The zero-order chi connectivity index (χ0) is 13.7. The minimum absolute atomic E-state index is 0.176. The van der Waals surface area contributed by atoms with Crippen molar-refractivity contribution in [3.05, 3.63) is 51.7 Å². The molecule has 0 radical (unpaired) electrons. The van der Waals surface area contributed by atoms with Crippen LogP contribution in [0.25, 0.3) is 0 Å². The molecule has 2 nitrogen and oxygen atoms in total. The summed E-state index contributed by atoms with van der Waals surface area (Å²) in [5.74, 6) is -0.176. The molecule has 2 aromatic rings. The molecule has 1 aromatic carbocycles. The molecule has 0 spiro atoms. The first-order valence-corrected chi connectivity index (χ1v) is 7.40. The zero-order valence-electron chi connectivity index (χ0n) is 11.3. The van der Waals surface area contributed by atoms with Gasteiger partial charge >= 0.3 is 0 Å². The first kappa shape index (κ1) is 14.2. The maximum absolute atomic E-state index is 12.8. The molecule has 0 aliphatic carbocycles. The Morgan fingerprint density at radius 2 is 2.05 bits per heavy atom. The lowest BCUT2D eigenvalue weighted by molar-refractivity contribution is 0.548. The molecule has 0 aliphatic heterocycles. The molecule has 1 atom stereocenters. The number of nitrogens with zero attached hydrogens (tertiary/aromatic N) is 1. The van der Waals surface area contributed by atoms with Gasteiger partial charge in [-0.25, -0.2) is 9.37 Å². The van der Waals surface area contributed by atoms with Crippen molar-refractivity contribution in [2.24, 2.45) is 0 Å².